The fraction of sp³-hybridized carbons (Fsp3) is 0.615. The van der Waals surface area contributed by atoms with Crippen molar-refractivity contribution in [1.29, 1.82) is 0 Å². The molecule has 1 aliphatic carbocycles. The standard InChI is InChI=1S/C13H19FN2O2/c1-2-17-5-6-18-13-10(7-11(14)9-16-13)8-15-12-3-4-12/h7,9,12,15H,2-6,8H2,1H3. The first-order chi connectivity index (χ1) is 8.79. The first kappa shape index (κ1) is 13.2. The van der Waals surface area contributed by atoms with Crippen LogP contribution in [0.25, 0.3) is 0 Å². The second-order valence-electron chi connectivity index (χ2n) is 4.32. The lowest BCUT2D eigenvalue weighted by Gasteiger charge is -2.11. The van der Waals surface area contributed by atoms with Crippen molar-refractivity contribution >= 4 is 0 Å². The highest BCUT2D eigenvalue weighted by molar-refractivity contribution is 5.26. The molecular weight excluding hydrogens is 235 g/mol. The van der Waals surface area contributed by atoms with E-state index in [0.717, 1.165) is 5.56 Å². The summed E-state index contributed by atoms with van der Waals surface area (Å²) in [6, 6.07) is 2.04. The van der Waals surface area contributed by atoms with Crippen molar-refractivity contribution in [3.8, 4) is 5.88 Å². The summed E-state index contributed by atoms with van der Waals surface area (Å²) in [7, 11) is 0. The first-order valence-corrected chi connectivity index (χ1v) is 6.38. The molecular formula is C13H19FN2O2. The third kappa shape index (κ3) is 4.23. The molecule has 100 valence electrons. The van der Waals surface area contributed by atoms with Crippen molar-refractivity contribution in [3.63, 3.8) is 0 Å². The molecule has 1 aromatic heterocycles. The van der Waals surface area contributed by atoms with E-state index in [1.54, 1.807) is 0 Å². The molecule has 0 saturated heterocycles. The van der Waals surface area contributed by atoms with Crippen LogP contribution >= 0.6 is 0 Å². The van der Waals surface area contributed by atoms with Crippen molar-refractivity contribution < 1.29 is 13.9 Å². The van der Waals surface area contributed by atoms with Crippen LogP contribution in [0.4, 0.5) is 4.39 Å². The van der Waals surface area contributed by atoms with Gasteiger partial charge in [-0.25, -0.2) is 9.37 Å². The average molecular weight is 254 g/mol. The quantitative estimate of drug-likeness (QED) is 0.719. The third-order valence-electron chi connectivity index (χ3n) is 2.72. The highest BCUT2D eigenvalue weighted by Gasteiger charge is 2.21. The Balaban J connectivity index is 1.88. The molecule has 0 aliphatic heterocycles. The SMILES string of the molecule is CCOCCOc1ncc(F)cc1CNC1CC1. The average Bonchev–Trinajstić information content (AvgIpc) is 3.18. The predicted molar refractivity (Wildman–Crippen MR) is 66.0 cm³/mol. The number of nitrogens with zero attached hydrogens (tertiary/aromatic N) is 1. The fourth-order valence-electron chi connectivity index (χ4n) is 1.61. The molecule has 0 amide bonds. The van der Waals surface area contributed by atoms with Crippen LogP contribution in [0, 0.1) is 5.82 Å². The summed E-state index contributed by atoms with van der Waals surface area (Å²) < 4.78 is 23.8. The van der Waals surface area contributed by atoms with Crippen molar-refractivity contribution in [3.05, 3.63) is 23.6 Å². The molecule has 0 bridgehead atoms. The molecule has 4 nitrogen and oxygen atoms in total. The number of nitrogens with one attached hydrogen (secondary N) is 1. The molecule has 1 aliphatic rings. The molecule has 1 aromatic rings. The third-order valence-corrected chi connectivity index (χ3v) is 2.72. The number of rotatable bonds is 8. The summed E-state index contributed by atoms with van der Waals surface area (Å²) >= 11 is 0. The zero-order chi connectivity index (χ0) is 12.8. The van der Waals surface area contributed by atoms with Gasteiger partial charge in [0, 0.05) is 24.8 Å². The highest BCUT2D eigenvalue weighted by Crippen LogP contribution is 2.21. The van der Waals surface area contributed by atoms with Crippen LogP contribution in [0.3, 0.4) is 0 Å². The number of halogens is 1. The lowest BCUT2D eigenvalue weighted by atomic mass is 10.2. The lowest BCUT2D eigenvalue weighted by Crippen LogP contribution is -2.17. The summed E-state index contributed by atoms with van der Waals surface area (Å²) in [4.78, 5) is 3.98. The van der Waals surface area contributed by atoms with Gasteiger partial charge < -0.3 is 14.8 Å². The van der Waals surface area contributed by atoms with Gasteiger partial charge in [0.2, 0.25) is 5.88 Å². The zero-order valence-electron chi connectivity index (χ0n) is 10.6. The van der Waals surface area contributed by atoms with Gasteiger partial charge in [0.25, 0.3) is 0 Å². The topological polar surface area (TPSA) is 43.4 Å². The molecule has 1 heterocycles. The molecule has 1 saturated carbocycles. The minimum Gasteiger partial charge on any atom is -0.475 e. The van der Waals surface area contributed by atoms with Gasteiger partial charge in [-0.05, 0) is 25.8 Å². The summed E-state index contributed by atoms with van der Waals surface area (Å²) in [5, 5.41) is 3.32. The molecule has 1 N–H and O–H groups in total. The van der Waals surface area contributed by atoms with Gasteiger partial charge in [-0.1, -0.05) is 0 Å². The van der Waals surface area contributed by atoms with Crippen LogP contribution in [0.1, 0.15) is 25.3 Å². The maximum absolute atomic E-state index is 13.2. The minimum absolute atomic E-state index is 0.334. The van der Waals surface area contributed by atoms with Crippen LogP contribution < -0.4 is 10.1 Å². The van der Waals surface area contributed by atoms with Crippen LogP contribution in [0.2, 0.25) is 0 Å². The van der Waals surface area contributed by atoms with E-state index < -0.39 is 0 Å². The van der Waals surface area contributed by atoms with E-state index in [1.807, 2.05) is 6.92 Å². The van der Waals surface area contributed by atoms with Crippen molar-refractivity contribution in [1.82, 2.24) is 10.3 Å². The van der Waals surface area contributed by atoms with E-state index in [2.05, 4.69) is 10.3 Å². The summed E-state index contributed by atoms with van der Waals surface area (Å²) in [6.07, 6.45) is 3.57. The summed E-state index contributed by atoms with van der Waals surface area (Å²) in [5.41, 5.74) is 0.762. The van der Waals surface area contributed by atoms with Gasteiger partial charge in [-0.15, -0.1) is 0 Å². The molecule has 5 heteroatoms. The van der Waals surface area contributed by atoms with E-state index in [-0.39, 0.29) is 5.82 Å². The Morgan fingerprint density at radius 1 is 1.44 bits per heavy atom. The zero-order valence-corrected chi connectivity index (χ0v) is 10.6. The lowest BCUT2D eigenvalue weighted by molar-refractivity contribution is 0.108. The fourth-order valence-corrected chi connectivity index (χ4v) is 1.61. The molecule has 0 spiro atoms. The summed E-state index contributed by atoms with van der Waals surface area (Å²) in [6.45, 7) is 4.14. The molecule has 0 atom stereocenters. The number of hydrogen-bond acceptors (Lipinski definition) is 4. The van der Waals surface area contributed by atoms with E-state index >= 15 is 0 Å². The van der Waals surface area contributed by atoms with Crippen LogP contribution in [0.5, 0.6) is 5.88 Å². The second-order valence-corrected chi connectivity index (χ2v) is 4.32. The van der Waals surface area contributed by atoms with Gasteiger partial charge >= 0.3 is 0 Å². The Morgan fingerprint density at radius 2 is 2.28 bits per heavy atom. The van der Waals surface area contributed by atoms with Gasteiger partial charge in [-0.3, -0.25) is 0 Å². The second kappa shape index (κ2) is 6.66. The van der Waals surface area contributed by atoms with Crippen LogP contribution in [-0.2, 0) is 11.3 Å². The molecule has 0 aromatic carbocycles. The Kier molecular flexibility index (Phi) is 4.90. The maximum Gasteiger partial charge on any atom is 0.218 e. The van der Waals surface area contributed by atoms with Gasteiger partial charge in [-0.2, -0.15) is 0 Å². The van der Waals surface area contributed by atoms with Crippen molar-refractivity contribution in [2.45, 2.75) is 32.4 Å². The smallest absolute Gasteiger partial charge is 0.218 e. The van der Waals surface area contributed by atoms with E-state index in [0.29, 0.717) is 38.3 Å². The number of pyridine rings is 1. The normalized spacial score (nSPS) is 14.8. The van der Waals surface area contributed by atoms with Crippen LogP contribution in [0.15, 0.2) is 12.3 Å². The largest absolute Gasteiger partial charge is 0.475 e. The Bertz CT molecular complexity index is 383. The van der Waals surface area contributed by atoms with Crippen molar-refractivity contribution in [2.24, 2.45) is 0 Å². The van der Waals surface area contributed by atoms with Gasteiger partial charge in [0.1, 0.15) is 12.4 Å². The Morgan fingerprint density at radius 3 is 3.00 bits per heavy atom. The minimum atomic E-state index is -0.334. The number of aromatic nitrogens is 1. The number of hydrogen-bond donors (Lipinski definition) is 1. The highest BCUT2D eigenvalue weighted by atomic mass is 19.1. The van der Waals surface area contributed by atoms with E-state index in [1.165, 1.54) is 25.1 Å². The van der Waals surface area contributed by atoms with E-state index in [9.17, 15) is 4.39 Å². The van der Waals surface area contributed by atoms with Gasteiger partial charge in [0.15, 0.2) is 0 Å². The Labute approximate surface area is 107 Å². The molecule has 1 fully saturated rings. The molecule has 0 radical (unpaired) electrons. The number of ether oxygens (including phenoxy) is 2. The summed E-state index contributed by atoms with van der Waals surface area (Å²) in [5.74, 6) is 0.156. The van der Waals surface area contributed by atoms with E-state index in [4.69, 9.17) is 9.47 Å². The first-order valence-electron chi connectivity index (χ1n) is 6.38. The predicted octanol–water partition coefficient (Wildman–Crippen LogP) is 1.89. The van der Waals surface area contributed by atoms with Crippen molar-refractivity contribution in [2.75, 3.05) is 19.8 Å². The molecule has 18 heavy (non-hydrogen) atoms. The molecule has 0 unspecified atom stereocenters. The maximum atomic E-state index is 13.2. The van der Waals surface area contributed by atoms with Crippen LogP contribution in [-0.4, -0.2) is 30.8 Å². The van der Waals surface area contributed by atoms with Gasteiger partial charge in [0.05, 0.1) is 12.8 Å². The monoisotopic (exact) mass is 254 g/mol. The Hall–Kier alpha value is -1.20. The molecule has 2 rings (SSSR count).